The van der Waals surface area contributed by atoms with Crippen LogP contribution < -0.4 is 14.8 Å². The number of nitrogens with one attached hydrogen (secondary N) is 1. The van der Waals surface area contributed by atoms with E-state index >= 15 is 0 Å². The van der Waals surface area contributed by atoms with E-state index < -0.39 is 0 Å². The molecule has 0 amide bonds. The van der Waals surface area contributed by atoms with Crippen LogP contribution in [0.25, 0.3) is 0 Å². The van der Waals surface area contributed by atoms with Gasteiger partial charge in [0.05, 0.1) is 14.2 Å². The minimum absolute atomic E-state index is 0.0462. The Hall–Kier alpha value is -2.33. The molecule has 0 unspecified atom stereocenters. The van der Waals surface area contributed by atoms with E-state index in [0.29, 0.717) is 5.78 Å². The first-order chi connectivity index (χ1) is 13.2. The monoisotopic (exact) mass is 365 g/mol. The summed E-state index contributed by atoms with van der Waals surface area (Å²) in [6.45, 7) is 0. The molecule has 4 atom stereocenters. The second-order valence-corrected chi connectivity index (χ2v) is 7.57. The topological polar surface area (TPSA) is 47.6 Å². The molecule has 142 valence electrons. The zero-order chi connectivity index (χ0) is 18.8. The van der Waals surface area contributed by atoms with Crippen molar-refractivity contribution >= 4 is 5.78 Å². The molecule has 1 aliphatic heterocycles. The number of carbonyl (C=O) groups excluding carboxylic acids is 1. The largest absolute Gasteiger partial charge is 0.497 e. The first kappa shape index (κ1) is 18.1. The highest BCUT2D eigenvalue weighted by Gasteiger charge is 2.45. The van der Waals surface area contributed by atoms with Gasteiger partial charge in [-0.1, -0.05) is 37.1 Å². The Labute approximate surface area is 160 Å². The first-order valence-corrected chi connectivity index (χ1v) is 9.79. The minimum Gasteiger partial charge on any atom is -0.497 e. The van der Waals surface area contributed by atoms with E-state index in [1.165, 1.54) is 0 Å². The van der Waals surface area contributed by atoms with Gasteiger partial charge in [-0.15, -0.1) is 0 Å². The third-order valence-corrected chi connectivity index (χ3v) is 6.12. The maximum absolute atomic E-state index is 13.4. The molecule has 2 bridgehead atoms. The molecule has 4 heteroatoms. The van der Waals surface area contributed by atoms with Gasteiger partial charge in [0.2, 0.25) is 0 Å². The molecule has 0 spiro atoms. The zero-order valence-corrected chi connectivity index (χ0v) is 16.0. The standard InChI is InChI=1S/C23H27NO3/c1-26-17-11-7-15(8-12-17)21-19-5-3-4-6-20(23(19)25)22(24-21)16-9-13-18(27-2)14-10-16/h7-14,19-22,24H,3-6H2,1-2H3/t19-,20-,21-,22+/m1/s1. The van der Waals surface area contributed by atoms with Crippen LogP contribution in [0.1, 0.15) is 48.9 Å². The molecule has 27 heavy (non-hydrogen) atoms. The number of hydrogen-bond donors (Lipinski definition) is 1. The third-order valence-electron chi connectivity index (χ3n) is 6.12. The molecular formula is C23H27NO3. The number of piperidine rings is 1. The second-order valence-electron chi connectivity index (χ2n) is 7.57. The highest BCUT2D eigenvalue weighted by atomic mass is 16.5. The first-order valence-electron chi connectivity index (χ1n) is 9.79. The minimum atomic E-state index is 0.0462. The quantitative estimate of drug-likeness (QED) is 0.869. The van der Waals surface area contributed by atoms with E-state index in [0.717, 1.165) is 48.3 Å². The van der Waals surface area contributed by atoms with Gasteiger partial charge < -0.3 is 14.8 Å². The number of Topliss-reactive ketones (excluding diaryl/α,β-unsaturated/α-hetero) is 1. The number of hydrogen-bond acceptors (Lipinski definition) is 4. The Kier molecular flexibility index (Phi) is 5.17. The van der Waals surface area contributed by atoms with Gasteiger partial charge in [0.15, 0.2) is 0 Å². The summed E-state index contributed by atoms with van der Waals surface area (Å²) < 4.78 is 10.6. The summed E-state index contributed by atoms with van der Waals surface area (Å²) in [5.41, 5.74) is 2.32. The molecule has 2 aliphatic rings. The Balaban J connectivity index is 1.69. The smallest absolute Gasteiger partial charge is 0.142 e. The van der Waals surface area contributed by atoms with E-state index in [1.54, 1.807) is 14.2 Å². The van der Waals surface area contributed by atoms with Crippen molar-refractivity contribution in [2.24, 2.45) is 11.8 Å². The summed E-state index contributed by atoms with van der Waals surface area (Å²) in [6.07, 6.45) is 4.18. The van der Waals surface area contributed by atoms with Crippen LogP contribution in [0.3, 0.4) is 0 Å². The molecule has 1 saturated carbocycles. The average molecular weight is 365 g/mol. The van der Waals surface area contributed by atoms with Crippen molar-refractivity contribution in [3.8, 4) is 11.5 Å². The molecule has 2 fully saturated rings. The van der Waals surface area contributed by atoms with E-state index in [2.05, 4.69) is 29.6 Å². The predicted molar refractivity (Wildman–Crippen MR) is 105 cm³/mol. The number of rotatable bonds is 4. The van der Waals surface area contributed by atoms with E-state index in [9.17, 15) is 4.79 Å². The lowest BCUT2D eigenvalue weighted by Gasteiger charge is -2.41. The number of ketones is 1. The zero-order valence-electron chi connectivity index (χ0n) is 16.0. The molecule has 2 aromatic rings. The van der Waals surface area contributed by atoms with Crippen molar-refractivity contribution in [3.63, 3.8) is 0 Å². The highest BCUT2D eigenvalue weighted by Crippen LogP contribution is 2.44. The maximum Gasteiger partial charge on any atom is 0.142 e. The number of benzene rings is 2. The van der Waals surface area contributed by atoms with Crippen LogP contribution in [0.4, 0.5) is 0 Å². The summed E-state index contributed by atoms with van der Waals surface area (Å²) in [4.78, 5) is 13.4. The molecule has 2 aromatic carbocycles. The molecule has 4 rings (SSSR count). The van der Waals surface area contributed by atoms with Gasteiger partial charge in [0.1, 0.15) is 17.3 Å². The Morgan fingerprint density at radius 2 is 1.15 bits per heavy atom. The number of ether oxygens (including phenoxy) is 2. The average Bonchev–Trinajstić information content (AvgIpc) is 2.84. The maximum atomic E-state index is 13.4. The van der Waals surface area contributed by atoms with Crippen LogP contribution in [0, 0.1) is 11.8 Å². The van der Waals surface area contributed by atoms with Gasteiger partial charge in [-0.3, -0.25) is 4.79 Å². The summed E-state index contributed by atoms with van der Waals surface area (Å²) in [5.74, 6) is 2.21. The lowest BCUT2D eigenvalue weighted by Crippen LogP contribution is -2.47. The fourth-order valence-electron chi connectivity index (χ4n) is 4.66. The Morgan fingerprint density at radius 1 is 0.741 bits per heavy atom. The highest BCUT2D eigenvalue weighted by molar-refractivity contribution is 5.86. The van der Waals surface area contributed by atoms with E-state index in [4.69, 9.17) is 9.47 Å². The molecule has 4 nitrogen and oxygen atoms in total. The van der Waals surface area contributed by atoms with E-state index in [-0.39, 0.29) is 23.9 Å². The van der Waals surface area contributed by atoms with Crippen molar-refractivity contribution in [1.29, 1.82) is 0 Å². The van der Waals surface area contributed by atoms with Gasteiger partial charge >= 0.3 is 0 Å². The lowest BCUT2D eigenvalue weighted by molar-refractivity contribution is -0.131. The molecule has 1 aliphatic carbocycles. The van der Waals surface area contributed by atoms with Crippen LogP contribution in [-0.4, -0.2) is 20.0 Å². The van der Waals surface area contributed by atoms with Gasteiger partial charge in [-0.25, -0.2) is 0 Å². The summed E-state index contributed by atoms with van der Waals surface area (Å²) in [6, 6.07) is 16.3. The van der Waals surface area contributed by atoms with Crippen molar-refractivity contribution in [2.45, 2.75) is 37.8 Å². The second kappa shape index (κ2) is 7.73. The molecule has 0 radical (unpaired) electrons. The van der Waals surface area contributed by atoms with Crippen LogP contribution in [0.5, 0.6) is 11.5 Å². The Bertz CT molecular complexity index is 719. The van der Waals surface area contributed by atoms with Crippen LogP contribution in [0.15, 0.2) is 48.5 Å². The molecular weight excluding hydrogens is 338 g/mol. The summed E-state index contributed by atoms with van der Waals surface area (Å²) in [7, 11) is 3.35. The summed E-state index contributed by atoms with van der Waals surface area (Å²) in [5, 5.41) is 3.83. The SMILES string of the molecule is COc1ccc([C@H]2N[C@@H](c3ccc(OC)cc3)[C@H]3CCCC[C@H]2C3=O)cc1. The third kappa shape index (κ3) is 3.46. The van der Waals surface area contributed by atoms with Crippen molar-refractivity contribution < 1.29 is 14.3 Å². The molecule has 0 aromatic heterocycles. The lowest BCUT2D eigenvalue weighted by atomic mass is 9.74. The molecule has 1 heterocycles. The van der Waals surface area contributed by atoms with Crippen molar-refractivity contribution in [2.75, 3.05) is 14.2 Å². The van der Waals surface area contributed by atoms with Crippen LogP contribution in [-0.2, 0) is 4.79 Å². The number of fused-ring (bicyclic) bond motifs is 2. The molecule has 1 N–H and O–H groups in total. The van der Waals surface area contributed by atoms with Crippen molar-refractivity contribution in [1.82, 2.24) is 5.32 Å². The van der Waals surface area contributed by atoms with Crippen LogP contribution in [0.2, 0.25) is 0 Å². The van der Waals surface area contributed by atoms with Gasteiger partial charge in [-0.05, 0) is 48.2 Å². The number of methoxy groups -OCH3 is 2. The van der Waals surface area contributed by atoms with E-state index in [1.807, 2.05) is 24.3 Å². The Morgan fingerprint density at radius 3 is 1.52 bits per heavy atom. The summed E-state index contributed by atoms with van der Waals surface area (Å²) >= 11 is 0. The van der Waals surface area contributed by atoms with Crippen LogP contribution >= 0.6 is 0 Å². The normalized spacial score (nSPS) is 27.7. The predicted octanol–water partition coefficient (Wildman–Crippen LogP) is 4.46. The van der Waals surface area contributed by atoms with Crippen molar-refractivity contribution in [3.05, 3.63) is 59.7 Å². The van der Waals surface area contributed by atoms with Gasteiger partial charge in [-0.2, -0.15) is 0 Å². The fourth-order valence-corrected chi connectivity index (χ4v) is 4.66. The number of carbonyl (C=O) groups is 1. The molecule has 1 saturated heterocycles. The fraction of sp³-hybridized carbons (Fsp3) is 0.435. The van der Waals surface area contributed by atoms with Gasteiger partial charge in [0.25, 0.3) is 0 Å². The van der Waals surface area contributed by atoms with Gasteiger partial charge in [0, 0.05) is 23.9 Å².